The molecule has 0 amide bonds. The van der Waals surface area contributed by atoms with E-state index in [9.17, 15) is 15.2 Å². The molecular weight excluding hydrogens is 274 g/mol. The molecule has 21 heavy (non-hydrogen) atoms. The minimum absolute atomic E-state index is 0.0823. The summed E-state index contributed by atoms with van der Waals surface area (Å²) in [6.45, 7) is 2.95. The molecule has 0 bridgehead atoms. The van der Waals surface area contributed by atoms with E-state index < -0.39 is 4.92 Å². The Kier molecular flexibility index (Phi) is 4.89. The van der Waals surface area contributed by atoms with Crippen LogP contribution in [0.25, 0.3) is 0 Å². The minimum atomic E-state index is -0.486. The highest BCUT2D eigenvalue weighted by molar-refractivity contribution is 5.69. The van der Waals surface area contributed by atoms with Crippen LogP contribution in [0.1, 0.15) is 32.6 Å². The maximum Gasteiger partial charge on any atom is 0.353 e. The summed E-state index contributed by atoms with van der Waals surface area (Å²) in [5.74, 6) is 0.412. The molecule has 0 radical (unpaired) electrons. The van der Waals surface area contributed by atoms with E-state index in [-0.39, 0.29) is 29.3 Å². The molecule has 0 spiro atoms. The number of rotatable bonds is 7. The first-order valence-electron chi connectivity index (χ1n) is 7.20. The second kappa shape index (κ2) is 6.66. The van der Waals surface area contributed by atoms with E-state index in [0.717, 1.165) is 25.7 Å². The molecule has 0 atom stereocenters. The third-order valence-corrected chi connectivity index (χ3v) is 3.98. The van der Waals surface area contributed by atoms with Crippen LogP contribution >= 0.6 is 0 Å². The molecule has 1 aromatic heterocycles. The summed E-state index contributed by atoms with van der Waals surface area (Å²) in [6.07, 6.45) is 5.31. The van der Waals surface area contributed by atoms with Crippen molar-refractivity contribution in [2.45, 2.75) is 32.6 Å². The van der Waals surface area contributed by atoms with E-state index in [1.165, 1.54) is 6.33 Å². The van der Waals surface area contributed by atoms with Gasteiger partial charge in [-0.2, -0.15) is 0 Å². The second-order valence-electron chi connectivity index (χ2n) is 5.43. The smallest absolute Gasteiger partial charge is 0.353 e. The van der Waals surface area contributed by atoms with Crippen LogP contribution in [-0.4, -0.2) is 39.7 Å². The van der Waals surface area contributed by atoms with Crippen molar-refractivity contribution in [1.82, 2.24) is 9.97 Å². The number of aromatic nitrogens is 2. The van der Waals surface area contributed by atoms with Crippen LogP contribution in [0.3, 0.4) is 0 Å². The molecule has 1 aliphatic carbocycles. The normalized spacial score (nSPS) is 16.7. The molecule has 1 fully saturated rings. The molecule has 3 N–H and O–H groups in total. The lowest BCUT2D eigenvalue weighted by Crippen LogP contribution is -2.31. The molecule has 0 unspecified atom stereocenters. The first-order valence-corrected chi connectivity index (χ1v) is 7.20. The fraction of sp³-hybridized carbons (Fsp3) is 0.692. The van der Waals surface area contributed by atoms with Crippen molar-refractivity contribution >= 4 is 17.3 Å². The molecule has 8 heteroatoms. The van der Waals surface area contributed by atoms with Gasteiger partial charge in [0.25, 0.3) is 0 Å². The van der Waals surface area contributed by atoms with Gasteiger partial charge in [-0.05, 0) is 19.8 Å². The van der Waals surface area contributed by atoms with E-state index in [1.807, 2.05) is 6.92 Å². The van der Waals surface area contributed by atoms with Gasteiger partial charge in [0, 0.05) is 18.5 Å². The molecule has 1 aromatic rings. The van der Waals surface area contributed by atoms with Crippen molar-refractivity contribution in [3.05, 3.63) is 16.4 Å². The Labute approximate surface area is 123 Å². The number of aliphatic hydroxyl groups is 1. The highest BCUT2D eigenvalue weighted by atomic mass is 16.6. The summed E-state index contributed by atoms with van der Waals surface area (Å²) in [5.41, 5.74) is -0.345. The Bertz CT molecular complexity index is 503. The fourth-order valence-corrected chi connectivity index (χ4v) is 2.76. The van der Waals surface area contributed by atoms with E-state index in [0.29, 0.717) is 13.1 Å². The van der Waals surface area contributed by atoms with E-state index in [2.05, 4.69) is 20.6 Å². The van der Waals surface area contributed by atoms with Crippen LogP contribution in [0, 0.1) is 15.5 Å². The predicted octanol–water partition coefficient (Wildman–Crippen LogP) is 1.78. The van der Waals surface area contributed by atoms with Gasteiger partial charge in [-0.25, -0.2) is 9.97 Å². The van der Waals surface area contributed by atoms with Gasteiger partial charge in [-0.3, -0.25) is 10.1 Å². The van der Waals surface area contributed by atoms with Gasteiger partial charge in [0.1, 0.15) is 6.33 Å². The van der Waals surface area contributed by atoms with Crippen LogP contribution in [0.4, 0.5) is 17.3 Å². The lowest BCUT2D eigenvalue weighted by atomic mass is 9.87. The summed E-state index contributed by atoms with van der Waals surface area (Å²) in [4.78, 5) is 18.7. The maximum atomic E-state index is 11.3. The van der Waals surface area contributed by atoms with Gasteiger partial charge in [0.15, 0.2) is 0 Å². The van der Waals surface area contributed by atoms with Crippen LogP contribution in [0.15, 0.2) is 6.33 Å². The van der Waals surface area contributed by atoms with Gasteiger partial charge < -0.3 is 15.7 Å². The predicted molar refractivity (Wildman–Crippen MR) is 79.3 cm³/mol. The highest BCUT2D eigenvalue weighted by Crippen LogP contribution is 2.38. The van der Waals surface area contributed by atoms with Crippen molar-refractivity contribution in [3.8, 4) is 0 Å². The van der Waals surface area contributed by atoms with Gasteiger partial charge in [0.2, 0.25) is 11.6 Å². The molecule has 1 heterocycles. The Morgan fingerprint density at radius 2 is 1.95 bits per heavy atom. The Morgan fingerprint density at radius 1 is 1.33 bits per heavy atom. The van der Waals surface area contributed by atoms with Crippen LogP contribution in [0.2, 0.25) is 0 Å². The molecule has 1 saturated carbocycles. The second-order valence-corrected chi connectivity index (χ2v) is 5.43. The zero-order valence-electron chi connectivity index (χ0n) is 12.1. The maximum absolute atomic E-state index is 11.3. The number of nitrogens with zero attached hydrogens (tertiary/aromatic N) is 3. The number of anilines is 2. The Balaban J connectivity index is 2.19. The standard InChI is InChI=1S/C13H21N5O3/c1-2-14-11-10(18(20)21)12(17-9-16-11)15-7-13(8-19)5-3-4-6-13/h9,19H,2-8H2,1H3,(H2,14,15,16,17). The van der Waals surface area contributed by atoms with Crippen molar-refractivity contribution in [1.29, 1.82) is 0 Å². The quantitative estimate of drug-likeness (QED) is 0.519. The summed E-state index contributed by atoms with van der Waals surface area (Å²) >= 11 is 0. The lowest BCUT2D eigenvalue weighted by Gasteiger charge is -2.26. The molecule has 0 saturated heterocycles. The van der Waals surface area contributed by atoms with Crippen LogP contribution in [-0.2, 0) is 0 Å². The first kappa shape index (κ1) is 15.4. The van der Waals surface area contributed by atoms with Crippen molar-refractivity contribution in [2.24, 2.45) is 5.41 Å². The van der Waals surface area contributed by atoms with Crippen molar-refractivity contribution in [3.63, 3.8) is 0 Å². The lowest BCUT2D eigenvalue weighted by molar-refractivity contribution is -0.383. The average Bonchev–Trinajstić information content (AvgIpc) is 2.95. The van der Waals surface area contributed by atoms with Gasteiger partial charge in [-0.15, -0.1) is 0 Å². The Hall–Kier alpha value is -1.96. The minimum Gasteiger partial charge on any atom is -0.396 e. The summed E-state index contributed by atoms with van der Waals surface area (Å²) in [5, 5.41) is 26.8. The molecule has 2 rings (SSSR count). The van der Waals surface area contributed by atoms with Crippen molar-refractivity contribution in [2.75, 3.05) is 30.3 Å². The van der Waals surface area contributed by atoms with Gasteiger partial charge in [0.05, 0.1) is 11.5 Å². The number of nitro groups is 1. The molecule has 0 aromatic carbocycles. The SMILES string of the molecule is CCNc1ncnc(NCC2(CO)CCCC2)c1[N+](=O)[O-]. The topological polar surface area (TPSA) is 113 Å². The molecule has 8 nitrogen and oxygen atoms in total. The number of hydrogen-bond donors (Lipinski definition) is 3. The highest BCUT2D eigenvalue weighted by Gasteiger charge is 2.34. The summed E-state index contributed by atoms with van der Waals surface area (Å²) < 4.78 is 0. The third kappa shape index (κ3) is 3.38. The number of nitrogens with one attached hydrogen (secondary N) is 2. The summed E-state index contributed by atoms with van der Waals surface area (Å²) in [7, 11) is 0. The number of aliphatic hydroxyl groups excluding tert-OH is 1. The largest absolute Gasteiger partial charge is 0.396 e. The first-order chi connectivity index (χ1) is 10.1. The Morgan fingerprint density at radius 3 is 2.48 bits per heavy atom. The van der Waals surface area contributed by atoms with Crippen molar-refractivity contribution < 1.29 is 10.0 Å². The van der Waals surface area contributed by atoms with E-state index >= 15 is 0 Å². The third-order valence-electron chi connectivity index (χ3n) is 3.98. The monoisotopic (exact) mass is 295 g/mol. The van der Waals surface area contributed by atoms with E-state index in [4.69, 9.17) is 0 Å². The molecule has 116 valence electrons. The molecule has 0 aliphatic heterocycles. The fourth-order valence-electron chi connectivity index (χ4n) is 2.76. The molecular formula is C13H21N5O3. The average molecular weight is 295 g/mol. The molecule has 1 aliphatic rings. The van der Waals surface area contributed by atoms with Crippen LogP contribution < -0.4 is 10.6 Å². The van der Waals surface area contributed by atoms with E-state index in [1.54, 1.807) is 0 Å². The van der Waals surface area contributed by atoms with Crippen LogP contribution in [0.5, 0.6) is 0 Å². The zero-order valence-corrected chi connectivity index (χ0v) is 12.1. The van der Waals surface area contributed by atoms with Gasteiger partial charge >= 0.3 is 5.69 Å². The number of hydrogen-bond acceptors (Lipinski definition) is 7. The summed E-state index contributed by atoms with van der Waals surface area (Å²) in [6, 6.07) is 0. The zero-order chi connectivity index (χ0) is 15.3. The van der Waals surface area contributed by atoms with Gasteiger partial charge in [-0.1, -0.05) is 12.8 Å².